The standard InChI is InChI=1S/C24H29NO6/c1-3-29-20-12-15(9-10-18(20)26)22-21(24(28)31-13-16-6-5-11-30-16)14(2)25-17-7-4-8-19(27)23(17)22/h9-10,12,16,22,25-26H,3-8,11,13H2,1-2H3/t16-,22+/m1/s1. The molecule has 3 aliphatic rings. The molecule has 1 aliphatic carbocycles. The van der Waals surface area contributed by atoms with E-state index in [1.165, 1.54) is 0 Å². The van der Waals surface area contributed by atoms with E-state index in [0.717, 1.165) is 31.4 Å². The van der Waals surface area contributed by atoms with E-state index in [9.17, 15) is 14.7 Å². The van der Waals surface area contributed by atoms with E-state index < -0.39 is 11.9 Å². The second-order valence-electron chi connectivity index (χ2n) is 8.16. The zero-order chi connectivity index (χ0) is 22.0. The second kappa shape index (κ2) is 9.14. The van der Waals surface area contributed by atoms with Gasteiger partial charge in [-0.2, -0.15) is 0 Å². The van der Waals surface area contributed by atoms with Crippen molar-refractivity contribution >= 4 is 11.8 Å². The Bertz CT molecular complexity index is 941. The van der Waals surface area contributed by atoms with Crippen LogP contribution in [-0.4, -0.2) is 42.8 Å². The van der Waals surface area contributed by atoms with Gasteiger partial charge in [0.2, 0.25) is 0 Å². The number of hydrogen-bond donors (Lipinski definition) is 2. The van der Waals surface area contributed by atoms with Gasteiger partial charge in [0.15, 0.2) is 17.3 Å². The number of ketones is 1. The molecule has 4 rings (SSSR count). The van der Waals surface area contributed by atoms with Crippen molar-refractivity contribution in [3.63, 3.8) is 0 Å². The number of Topliss-reactive ketones (excluding diaryl/α,β-unsaturated/α-hetero) is 1. The first-order valence-corrected chi connectivity index (χ1v) is 11.0. The van der Waals surface area contributed by atoms with E-state index in [1.807, 2.05) is 13.8 Å². The molecule has 31 heavy (non-hydrogen) atoms. The summed E-state index contributed by atoms with van der Waals surface area (Å²) in [5.41, 5.74) is 3.28. The van der Waals surface area contributed by atoms with E-state index >= 15 is 0 Å². The van der Waals surface area contributed by atoms with Crippen molar-refractivity contribution < 1.29 is 28.9 Å². The van der Waals surface area contributed by atoms with E-state index in [4.69, 9.17) is 14.2 Å². The molecule has 1 aromatic carbocycles. The molecule has 1 saturated heterocycles. The summed E-state index contributed by atoms with van der Waals surface area (Å²) in [6, 6.07) is 4.99. The molecule has 1 fully saturated rings. The third-order valence-electron chi connectivity index (χ3n) is 6.04. The number of carbonyl (C=O) groups is 2. The molecular formula is C24H29NO6. The molecule has 2 aliphatic heterocycles. The molecule has 0 unspecified atom stereocenters. The fraction of sp³-hybridized carbons (Fsp3) is 0.500. The van der Waals surface area contributed by atoms with Crippen molar-refractivity contribution in [2.24, 2.45) is 0 Å². The van der Waals surface area contributed by atoms with Crippen molar-refractivity contribution in [1.29, 1.82) is 0 Å². The molecule has 0 spiro atoms. The van der Waals surface area contributed by atoms with Crippen LogP contribution in [-0.2, 0) is 19.1 Å². The van der Waals surface area contributed by atoms with Crippen LogP contribution in [0.25, 0.3) is 0 Å². The van der Waals surface area contributed by atoms with E-state index in [2.05, 4.69) is 5.32 Å². The summed E-state index contributed by atoms with van der Waals surface area (Å²) in [6.07, 6.45) is 3.74. The number of phenols is 1. The van der Waals surface area contributed by atoms with Crippen LogP contribution in [0.2, 0.25) is 0 Å². The first kappa shape index (κ1) is 21.4. The lowest BCUT2D eigenvalue weighted by Crippen LogP contribution is -2.35. The SMILES string of the molecule is CCOc1cc([C@H]2C(C(=O)OC[C@H]3CCCO3)=C(C)NC3=C2C(=O)CCC3)ccc1O. The minimum absolute atomic E-state index is 0.0203. The molecule has 0 amide bonds. The van der Waals surface area contributed by atoms with Crippen LogP contribution in [0.1, 0.15) is 57.4 Å². The zero-order valence-corrected chi connectivity index (χ0v) is 18.0. The molecule has 2 heterocycles. The number of hydrogen-bond acceptors (Lipinski definition) is 7. The third kappa shape index (κ3) is 4.32. The lowest BCUT2D eigenvalue weighted by Gasteiger charge is -2.34. The molecule has 7 heteroatoms. The Balaban J connectivity index is 1.72. The monoisotopic (exact) mass is 427 g/mol. The van der Waals surface area contributed by atoms with Gasteiger partial charge in [0.25, 0.3) is 0 Å². The van der Waals surface area contributed by atoms with Crippen molar-refractivity contribution in [2.75, 3.05) is 19.8 Å². The molecule has 2 atom stereocenters. The van der Waals surface area contributed by atoms with Gasteiger partial charge in [-0.1, -0.05) is 6.07 Å². The molecule has 2 N–H and O–H groups in total. The van der Waals surface area contributed by atoms with Crippen molar-refractivity contribution in [2.45, 2.75) is 58.0 Å². The topological polar surface area (TPSA) is 94.1 Å². The highest BCUT2D eigenvalue weighted by Crippen LogP contribution is 2.44. The summed E-state index contributed by atoms with van der Waals surface area (Å²) in [4.78, 5) is 26.2. The molecule has 0 radical (unpaired) electrons. The van der Waals surface area contributed by atoms with Gasteiger partial charge < -0.3 is 24.6 Å². The Kier molecular flexibility index (Phi) is 6.32. The van der Waals surface area contributed by atoms with Crippen molar-refractivity contribution in [3.05, 3.63) is 46.3 Å². The van der Waals surface area contributed by atoms with Gasteiger partial charge >= 0.3 is 5.97 Å². The summed E-state index contributed by atoms with van der Waals surface area (Å²) in [7, 11) is 0. The molecule has 0 aromatic heterocycles. The van der Waals surface area contributed by atoms with Crippen LogP contribution in [0.4, 0.5) is 0 Å². The number of phenolic OH excluding ortho intramolecular Hbond substituents is 1. The predicted molar refractivity (Wildman–Crippen MR) is 114 cm³/mol. The van der Waals surface area contributed by atoms with Crippen LogP contribution >= 0.6 is 0 Å². The quantitative estimate of drug-likeness (QED) is 0.671. The van der Waals surface area contributed by atoms with Crippen LogP contribution in [0.15, 0.2) is 40.7 Å². The zero-order valence-electron chi connectivity index (χ0n) is 18.0. The summed E-state index contributed by atoms with van der Waals surface area (Å²) in [5, 5.41) is 13.4. The van der Waals surface area contributed by atoms with E-state index in [1.54, 1.807) is 18.2 Å². The summed E-state index contributed by atoms with van der Waals surface area (Å²) < 4.78 is 16.8. The Morgan fingerprint density at radius 2 is 2.13 bits per heavy atom. The fourth-order valence-corrected chi connectivity index (χ4v) is 4.59. The highest BCUT2D eigenvalue weighted by atomic mass is 16.6. The average molecular weight is 427 g/mol. The maximum absolute atomic E-state index is 13.2. The van der Waals surface area contributed by atoms with E-state index in [-0.39, 0.29) is 24.2 Å². The Morgan fingerprint density at radius 3 is 2.87 bits per heavy atom. The van der Waals surface area contributed by atoms with Crippen LogP contribution < -0.4 is 10.1 Å². The minimum atomic E-state index is -0.569. The largest absolute Gasteiger partial charge is 0.504 e. The Hall–Kier alpha value is -2.80. The predicted octanol–water partition coefficient (Wildman–Crippen LogP) is 3.48. The number of esters is 1. The molecule has 166 valence electrons. The molecular weight excluding hydrogens is 398 g/mol. The number of nitrogens with one attached hydrogen (secondary N) is 1. The highest BCUT2D eigenvalue weighted by molar-refractivity contribution is 6.03. The number of benzene rings is 1. The summed E-state index contributed by atoms with van der Waals surface area (Å²) in [6.45, 7) is 4.94. The Labute approximate surface area is 182 Å². The normalized spacial score (nSPS) is 23.5. The molecule has 0 bridgehead atoms. The second-order valence-corrected chi connectivity index (χ2v) is 8.16. The first-order chi connectivity index (χ1) is 15.0. The van der Waals surface area contributed by atoms with Crippen LogP contribution in [0.3, 0.4) is 0 Å². The highest BCUT2D eigenvalue weighted by Gasteiger charge is 2.39. The van der Waals surface area contributed by atoms with Crippen LogP contribution in [0.5, 0.6) is 11.5 Å². The number of dihydropyridines is 1. The van der Waals surface area contributed by atoms with Gasteiger partial charge in [-0.15, -0.1) is 0 Å². The van der Waals surface area contributed by atoms with Crippen molar-refractivity contribution in [3.8, 4) is 11.5 Å². The molecule has 1 aromatic rings. The lowest BCUT2D eigenvalue weighted by atomic mass is 9.75. The molecule has 0 saturated carbocycles. The van der Waals surface area contributed by atoms with Crippen molar-refractivity contribution in [1.82, 2.24) is 5.32 Å². The number of rotatable bonds is 6. The van der Waals surface area contributed by atoms with Gasteiger partial charge in [-0.05, 0) is 57.2 Å². The first-order valence-electron chi connectivity index (χ1n) is 11.0. The van der Waals surface area contributed by atoms with Gasteiger partial charge in [0.1, 0.15) is 6.61 Å². The molecule has 7 nitrogen and oxygen atoms in total. The van der Waals surface area contributed by atoms with Gasteiger partial charge in [-0.25, -0.2) is 4.79 Å². The van der Waals surface area contributed by atoms with E-state index in [0.29, 0.717) is 47.8 Å². The lowest BCUT2D eigenvalue weighted by molar-refractivity contribution is -0.142. The van der Waals surface area contributed by atoms with Gasteiger partial charge in [-0.3, -0.25) is 4.79 Å². The number of ether oxygens (including phenoxy) is 3. The smallest absolute Gasteiger partial charge is 0.336 e. The summed E-state index contributed by atoms with van der Waals surface area (Å²) in [5.74, 6) is -0.649. The maximum atomic E-state index is 13.2. The number of aromatic hydroxyl groups is 1. The van der Waals surface area contributed by atoms with Gasteiger partial charge in [0, 0.05) is 35.9 Å². The van der Waals surface area contributed by atoms with Crippen LogP contribution in [0, 0.1) is 0 Å². The van der Waals surface area contributed by atoms with Gasteiger partial charge in [0.05, 0.1) is 18.3 Å². The fourth-order valence-electron chi connectivity index (χ4n) is 4.59. The summed E-state index contributed by atoms with van der Waals surface area (Å²) >= 11 is 0. The maximum Gasteiger partial charge on any atom is 0.336 e. The number of carbonyl (C=O) groups excluding carboxylic acids is 2. The average Bonchev–Trinajstić information content (AvgIpc) is 3.27. The minimum Gasteiger partial charge on any atom is -0.504 e. The third-order valence-corrected chi connectivity index (χ3v) is 6.04. The Morgan fingerprint density at radius 1 is 1.29 bits per heavy atom. The number of allylic oxidation sites excluding steroid dienone is 3.